The molecule has 1 heterocycles. The fourth-order valence-corrected chi connectivity index (χ4v) is 1.47. The number of amides is 1. The summed E-state index contributed by atoms with van der Waals surface area (Å²) in [7, 11) is 0. The standard InChI is InChI=1S/C13H14N2O2/c1-8-3-5-10(7-11(8)14)15-13(16)12-6-4-9(2)17-12/h3-7H,14H2,1-2H3,(H,15,16). The molecular formula is C13H14N2O2. The molecule has 2 aromatic rings. The van der Waals surface area contributed by atoms with Gasteiger partial charge in [0, 0.05) is 11.4 Å². The van der Waals surface area contributed by atoms with Crippen LogP contribution in [0.5, 0.6) is 0 Å². The predicted molar refractivity (Wildman–Crippen MR) is 67.0 cm³/mol. The van der Waals surface area contributed by atoms with Crippen LogP contribution in [0.15, 0.2) is 34.7 Å². The first-order valence-electron chi connectivity index (χ1n) is 5.30. The van der Waals surface area contributed by atoms with Crippen molar-refractivity contribution in [3.63, 3.8) is 0 Å². The minimum Gasteiger partial charge on any atom is -0.456 e. The summed E-state index contributed by atoms with van der Waals surface area (Å²) in [6, 6.07) is 8.78. The molecule has 0 aliphatic rings. The third-order valence-corrected chi connectivity index (χ3v) is 2.50. The van der Waals surface area contributed by atoms with Crippen molar-refractivity contribution in [2.45, 2.75) is 13.8 Å². The van der Waals surface area contributed by atoms with Gasteiger partial charge in [-0.2, -0.15) is 0 Å². The number of furan rings is 1. The maximum Gasteiger partial charge on any atom is 0.291 e. The maximum absolute atomic E-state index is 11.8. The van der Waals surface area contributed by atoms with Crippen molar-refractivity contribution >= 4 is 17.3 Å². The summed E-state index contributed by atoms with van der Waals surface area (Å²) in [6.07, 6.45) is 0. The van der Waals surface area contributed by atoms with E-state index in [9.17, 15) is 4.79 Å². The summed E-state index contributed by atoms with van der Waals surface area (Å²) in [5.41, 5.74) is 8.06. The van der Waals surface area contributed by atoms with Crippen molar-refractivity contribution in [2.75, 3.05) is 11.1 Å². The van der Waals surface area contributed by atoms with E-state index in [2.05, 4.69) is 5.32 Å². The van der Waals surface area contributed by atoms with Crippen LogP contribution in [0.25, 0.3) is 0 Å². The van der Waals surface area contributed by atoms with E-state index < -0.39 is 0 Å². The summed E-state index contributed by atoms with van der Waals surface area (Å²) < 4.78 is 5.23. The van der Waals surface area contributed by atoms with Crippen molar-refractivity contribution in [1.29, 1.82) is 0 Å². The van der Waals surface area contributed by atoms with Gasteiger partial charge in [-0.25, -0.2) is 0 Å². The second kappa shape index (κ2) is 4.33. The van der Waals surface area contributed by atoms with Crippen LogP contribution < -0.4 is 11.1 Å². The lowest BCUT2D eigenvalue weighted by atomic mass is 10.2. The second-order valence-corrected chi connectivity index (χ2v) is 3.94. The normalized spacial score (nSPS) is 10.2. The van der Waals surface area contributed by atoms with Gasteiger partial charge in [0.05, 0.1) is 0 Å². The van der Waals surface area contributed by atoms with Crippen LogP contribution in [0, 0.1) is 13.8 Å². The van der Waals surface area contributed by atoms with Crippen LogP contribution in [0.2, 0.25) is 0 Å². The molecule has 4 nitrogen and oxygen atoms in total. The molecule has 4 heteroatoms. The van der Waals surface area contributed by atoms with Crippen LogP contribution in [0.4, 0.5) is 11.4 Å². The van der Waals surface area contributed by atoms with Gasteiger partial charge < -0.3 is 15.5 Å². The monoisotopic (exact) mass is 230 g/mol. The molecule has 0 spiro atoms. The minimum atomic E-state index is -0.277. The first-order chi connectivity index (χ1) is 8.06. The Morgan fingerprint density at radius 2 is 2.00 bits per heavy atom. The molecule has 0 saturated carbocycles. The van der Waals surface area contributed by atoms with Gasteiger partial charge in [0.2, 0.25) is 0 Å². The first-order valence-corrected chi connectivity index (χ1v) is 5.30. The smallest absolute Gasteiger partial charge is 0.291 e. The molecular weight excluding hydrogens is 216 g/mol. The average Bonchev–Trinajstić information content (AvgIpc) is 2.70. The molecule has 0 aliphatic heterocycles. The molecule has 0 fully saturated rings. The Kier molecular flexibility index (Phi) is 2.87. The predicted octanol–water partition coefficient (Wildman–Crippen LogP) is 2.73. The highest BCUT2D eigenvalue weighted by molar-refractivity contribution is 6.02. The van der Waals surface area contributed by atoms with Crippen LogP contribution in [-0.4, -0.2) is 5.91 Å². The lowest BCUT2D eigenvalue weighted by Gasteiger charge is -2.05. The number of nitrogens with two attached hydrogens (primary N) is 1. The highest BCUT2D eigenvalue weighted by Gasteiger charge is 2.10. The summed E-state index contributed by atoms with van der Waals surface area (Å²) >= 11 is 0. The third-order valence-electron chi connectivity index (χ3n) is 2.50. The third kappa shape index (κ3) is 2.47. The molecule has 2 rings (SSSR count). The number of nitrogens with one attached hydrogen (secondary N) is 1. The molecule has 3 N–H and O–H groups in total. The van der Waals surface area contributed by atoms with Crippen LogP contribution >= 0.6 is 0 Å². The molecule has 1 aromatic heterocycles. The molecule has 0 bridgehead atoms. The van der Waals surface area contributed by atoms with Gasteiger partial charge in [-0.3, -0.25) is 4.79 Å². The number of hydrogen-bond acceptors (Lipinski definition) is 3. The Bertz CT molecular complexity index is 558. The Morgan fingerprint density at radius 3 is 2.59 bits per heavy atom. The van der Waals surface area contributed by atoms with Crippen molar-refractivity contribution in [2.24, 2.45) is 0 Å². The highest BCUT2D eigenvalue weighted by Crippen LogP contribution is 2.18. The number of carbonyl (C=O) groups is 1. The lowest BCUT2D eigenvalue weighted by molar-refractivity contribution is 0.0995. The highest BCUT2D eigenvalue weighted by atomic mass is 16.3. The fourth-order valence-electron chi connectivity index (χ4n) is 1.47. The van der Waals surface area contributed by atoms with Gasteiger partial charge in [-0.1, -0.05) is 6.07 Å². The fraction of sp³-hybridized carbons (Fsp3) is 0.154. The molecule has 1 aromatic carbocycles. The zero-order chi connectivity index (χ0) is 12.4. The van der Waals surface area contributed by atoms with Gasteiger partial charge in [-0.05, 0) is 43.7 Å². The van der Waals surface area contributed by atoms with Gasteiger partial charge >= 0.3 is 0 Å². The van der Waals surface area contributed by atoms with Crippen molar-refractivity contribution in [3.05, 3.63) is 47.4 Å². The molecule has 0 atom stereocenters. The Labute approximate surface area is 99.4 Å². The van der Waals surface area contributed by atoms with Crippen molar-refractivity contribution in [1.82, 2.24) is 0 Å². The van der Waals surface area contributed by atoms with E-state index in [4.69, 9.17) is 10.2 Å². The zero-order valence-electron chi connectivity index (χ0n) is 9.78. The number of rotatable bonds is 2. The van der Waals surface area contributed by atoms with E-state index in [-0.39, 0.29) is 5.91 Å². The lowest BCUT2D eigenvalue weighted by Crippen LogP contribution is -2.11. The summed E-state index contributed by atoms with van der Waals surface area (Å²) in [4.78, 5) is 11.8. The van der Waals surface area contributed by atoms with E-state index in [1.165, 1.54) is 0 Å². The Morgan fingerprint density at radius 1 is 1.24 bits per heavy atom. The molecule has 1 amide bonds. The van der Waals surface area contributed by atoms with Crippen LogP contribution in [0.1, 0.15) is 21.9 Å². The number of anilines is 2. The second-order valence-electron chi connectivity index (χ2n) is 3.94. The summed E-state index contributed by atoms with van der Waals surface area (Å²) in [6.45, 7) is 3.71. The quantitative estimate of drug-likeness (QED) is 0.779. The molecule has 0 aliphatic carbocycles. The van der Waals surface area contributed by atoms with E-state index in [0.717, 1.165) is 5.56 Å². The molecule has 0 unspecified atom stereocenters. The van der Waals surface area contributed by atoms with Gasteiger partial charge in [0.1, 0.15) is 5.76 Å². The topological polar surface area (TPSA) is 68.3 Å². The maximum atomic E-state index is 11.8. The number of benzene rings is 1. The van der Waals surface area contributed by atoms with E-state index in [0.29, 0.717) is 22.9 Å². The molecule has 0 saturated heterocycles. The number of carbonyl (C=O) groups excluding carboxylic acids is 1. The largest absolute Gasteiger partial charge is 0.456 e. The van der Waals surface area contributed by atoms with Gasteiger partial charge in [0.15, 0.2) is 5.76 Å². The average molecular weight is 230 g/mol. The Hall–Kier alpha value is -2.23. The minimum absolute atomic E-state index is 0.277. The molecule has 0 radical (unpaired) electrons. The zero-order valence-corrected chi connectivity index (χ0v) is 9.78. The van der Waals surface area contributed by atoms with E-state index in [1.54, 1.807) is 31.2 Å². The van der Waals surface area contributed by atoms with E-state index in [1.807, 2.05) is 13.0 Å². The van der Waals surface area contributed by atoms with Crippen LogP contribution in [0.3, 0.4) is 0 Å². The number of nitrogen functional groups attached to an aromatic ring is 1. The molecule has 88 valence electrons. The summed E-state index contributed by atoms with van der Waals surface area (Å²) in [5, 5.41) is 2.73. The number of aryl methyl sites for hydroxylation is 2. The summed E-state index contributed by atoms with van der Waals surface area (Å²) in [5.74, 6) is 0.724. The SMILES string of the molecule is Cc1ccc(C(=O)Nc2ccc(C)c(N)c2)o1. The van der Waals surface area contributed by atoms with Crippen LogP contribution in [-0.2, 0) is 0 Å². The first kappa shape index (κ1) is 11.3. The van der Waals surface area contributed by atoms with E-state index >= 15 is 0 Å². The number of hydrogen-bond donors (Lipinski definition) is 2. The van der Waals surface area contributed by atoms with Gasteiger partial charge in [-0.15, -0.1) is 0 Å². The molecule has 17 heavy (non-hydrogen) atoms. The van der Waals surface area contributed by atoms with Gasteiger partial charge in [0.25, 0.3) is 5.91 Å². The van der Waals surface area contributed by atoms with Crippen molar-refractivity contribution in [3.8, 4) is 0 Å². The Balaban J connectivity index is 2.15. The van der Waals surface area contributed by atoms with Crippen molar-refractivity contribution < 1.29 is 9.21 Å².